The number of hydrogen-bond acceptors (Lipinski definition) is 3. The third-order valence-corrected chi connectivity index (χ3v) is 4.36. The molecule has 0 aliphatic carbocycles. The molecule has 18 heavy (non-hydrogen) atoms. The molecule has 3 heteroatoms. The van der Waals surface area contributed by atoms with Crippen molar-refractivity contribution in [1.29, 1.82) is 0 Å². The predicted octanol–water partition coefficient (Wildman–Crippen LogP) is 2.39. The van der Waals surface area contributed by atoms with Gasteiger partial charge in [0.2, 0.25) is 0 Å². The molecule has 2 N–H and O–H groups in total. The van der Waals surface area contributed by atoms with Crippen molar-refractivity contribution >= 4 is 0 Å². The van der Waals surface area contributed by atoms with Crippen LogP contribution in [0.3, 0.4) is 0 Å². The molecule has 0 saturated carbocycles. The van der Waals surface area contributed by atoms with Gasteiger partial charge in [-0.25, -0.2) is 0 Å². The van der Waals surface area contributed by atoms with Crippen molar-refractivity contribution in [3.8, 4) is 0 Å². The second kappa shape index (κ2) is 7.46. The van der Waals surface area contributed by atoms with Crippen LogP contribution < -0.4 is 5.32 Å². The van der Waals surface area contributed by atoms with Gasteiger partial charge >= 0.3 is 0 Å². The number of hydrogen-bond donors (Lipinski definition) is 2. The monoisotopic (exact) mass is 256 g/mol. The molecule has 108 valence electrons. The molecule has 1 saturated heterocycles. The lowest BCUT2D eigenvalue weighted by molar-refractivity contribution is 0.107. The fourth-order valence-corrected chi connectivity index (χ4v) is 3.27. The Morgan fingerprint density at radius 3 is 2.72 bits per heavy atom. The van der Waals surface area contributed by atoms with E-state index in [9.17, 15) is 5.11 Å². The summed E-state index contributed by atoms with van der Waals surface area (Å²) in [5, 5.41) is 13.2. The summed E-state index contributed by atoms with van der Waals surface area (Å²) in [6.45, 7) is 11.4. The van der Waals surface area contributed by atoms with E-state index in [0.29, 0.717) is 6.04 Å². The molecule has 3 atom stereocenters. The van der Waals surface area contributed by atoms with E-state index < -0.39 is 0 Å². The van der Waals surface area contributed by atoms with Gasteiger partial charge in [0.15, 0.2) is 0 Å². The normalized spacial score (nSPS) is 26.2. The predicted molar refractivity (Wildman–Crippen MR) is 77.9 cm³/mol. The quantitative estimate of drug-likeness (QED) is 0.700. The van der Waals surface area contributed by atoms with E-state index in [1.165, 1.54) is 25.8 Å². The summed E-state index contributed by atoms with van der Waals surface area (Å²) in [6.07, 6.45) is 6.08. The second-order valence-corrected chi connectivity index (χ2v) is 6.14. The van der Waals surface area contributed by atoms with Gasteiger partial charge in [0, 0.05) is 17.6 Å². The molecule has 0 amide bonds. The number of nitrogens with one attached hydrogen (secondary N) is 1. The van der Waals surface area contributed by atoms with Crippen molar-refractivity contribution in [2.45, 2.75) is 77.4 Å². The van der Waals surface area contributed by atoms with Crippen molar-refractivity contribution in [3.05, 3.63) is 0 Å². The van der Waals surface area contributed by atoms with E-state index in [4.69, 9.17) is 0 Å². The van der Waals surface area contributed by atoms with Gasteiger partial charge in [0.1, 0.15) is 0 Å². The largest absolute Gasteiger partial charge is 0.394 e. The van der Waals surface area contributed by atoms with Crippen LogP contribution >= 0.6 is 0 Å². The number of likely N-dealkylation sites (tertiary alicyclic amines) is 1. The topological polar surface area (TPSA) is 35.5 Å². The first-order valence-electron chi connectivity index (χ1n) is 7.68. The maximum atomic E-state index is 9.65. The third kappa shape index (κ3) is 4.22. The molecule has 1 aliphatic heterocycles. The van der Waals surface area contributed by atoms with Crippen molar-refractivity contribution in [1.82, 2.24) is 10.2 Å². The van der Waals surface area contributed by atoms with Gasteiger partial charge < -0.3 is 10.4 Å². The average molecular weight is 256 g/mol. The van der Waals surface area contributed by atoms with Crippen LogP contribution in [0.5, 0.6) is 0 Å². The van der Waals surface area contributed by atoms with Gasteiger partial charge in [0.25, 0.3) is 0 Å². The molecule has 1 heterocycles. The molecule has 0 spiro atoms. The number of aliphatic hydroxyl groups excluding tert-OH is 1. The fourth-order valence-electron chi connectivity index (χ4n) is 3.27. The number of nitrogens with zero attached hydrogens (tertiary/aromatic N) is 1. The lowest BCUT2D eigenvalue weighted by Crippen LogP contribution is -2.51. The fraction of sp³-hybridized carbons (Fsp3) is 1.00. The first kappa shape index (κ1) is 15.9. The summed E-state index contributed by atoms with van der Waals surface area (Å²) in [6, 6.07) is 1.31. The zero-order valence-electron chi connectivity index (χ0n) is 12.7. The first-order chi connectivity index (χ1) is 8.56. The van der Waals surface area contributed by atoms with Crippen LogP contribution in [-0.4, -0.2) is 47.3 Å². The summed E-state index contributed by atoms with van der Waals surface area (Å²) in [4.78, 5) is 2.64. The van der Waals surface area contributed by atoms with Gasteiger partial charge in [0.05, 0.1) is 6.61 Å². The van der Waals surface area contributed by atoms with Crippen LogP contribution in [0.25, 0.3) is 0 Å². The molecule has 3 unspecified atom stereocenters. The van der Waals surface area contributed by atoms with Crippen LogP contribution in [-0.2, 0) is 0 Å². The van der Waals surface area contributed by atoms with Crippen molar-refractivity contribution in [2.24, 2.45) is 0 Å². The number of rotatable bonds is 8. The van der Waals surface area contributed by atoms with Crippen LogP contribution in [0.15, 0.2) is 0 Å². The van der Waals surface area contributed by atoms with Crippen molar-refractivity contribution in [2.75, 3.05) is 19.7 Å². The Kier molecular flexibility index (Phi) is 6.61. The molecular formula is C15H32N2O. The Balaban J connectivity index is 2.52. The lowest BCUT2D eigenvalue weighted by atomic mass is 9.93. The van der Waals surface area contributed by atoms with Gasteiger partial charge in [-0.05, 0) is 59.0 Å². The summed E-state index contributed by atoms with van der Waals surface area (Å²) < 4.78 is 0. The highest BCUT2D eigenvalue weighted by molar-refractivity contribution is 4.90. The summed E-state index contributed by atoms with van der Waals surface area (Å²) >= 11 is 0. The van der Waals surface area contributed by atoms with E-state index in [-0.39, 0.29) is 12.1 Å². The Morgan fingerprint density at radius 1 is 1.44 bits per heavy atom. The van der Waals surface area contributed by atoms with E-state index >= 15 is 0 Å². The van der Waals surface area contributed by atoms with E-state index in [2.05, 4.69) is 37.9 Å². The van der Waals surface area contributed by atoms with Gasteiger partial charge in [-0.1, -0.05) is 13.8 Å². The van der Waals surface area contributed by atoms with Gasteiger partial charge in [-0.3, -0.25) is 4.90 Å². The summed E-state index contributed by atoms with van der Waals surface area (Å²) in [5.41, 5.74) is -0.129. The molecule has 3 nitrogen and oxygen atoms in total. The van der Waals surface area contributed by atoms with Crippen LogP contribution in [0.1, 0.15) is 59.8 Å². The maximum absolute atomic E-state index is 9.65. The summed E-state index contributed by atoms with van der Waals surface area (Å²) in [7, 11) is 0. The maximum Gasteiger partial charge on any atom is 0.0611 e. The molecule has 0 bridgehead atoms. The highest BCUT2D eigenvalue weighted by Crippen LogP contribution is 2.26. The highest BCUT2D eigenvalue weighted by atomic mass is 16.3. The van der Waals surface area contributed by atoms with E-state index in [0.717, 1.165) is 25.4 Å². The van der Waals surface area contributed by atoms with E-state index in [1.54, 1.807) is 0 Å². The average Bonchev–Trinajstić information content (AvgIpc) is 2.84. The zero-order valence-corrected chi connectivity index (χ0v) is 12.7. The summed E-state index contributed by atoms with van der Waals surface area (Å²) in [5.74, 6) is 0. The lowest BCUT2D eigenvalue weighted by Gasteiger charge is -2.37. The molecule has 0 radical (unpaired) electrons. The Morgan fingerprint density at radius 2 is 2.17 bits per heavy atom. The third-order valence-electron chi connectivity index (χ3n) is 4.36. The van der Waals surface area contributed by atoms with Crippen LogP contribution in [0.2, 0.25) is 0 Å². The Bertz CT molecular complexity index is 235. The molecule has 0 aromatic heterocycles. The molecule has 1 aliphatic rings. The minimum Gasteiger partial charge on any atom is -0.394 e. The van der Waals surface area contributed by atoms with Crippen LogP contribution in [0, 0.1) is 0 Å². The molecule has 0 aromatic carbocycles. The van der Waals surface area contributed by atoms with E-state index in [1.807, 2.05) is 0 Å². The first-order valence-corrected chi connectivity index (χ1v) is 7.68. The minimum atomic E-state index is -0.129. The van der Waals surface area contributed by atoms with Gasteiger partial charge in [-0.2, -0.15) is 0 Å². The Hall–Kier alpha value is -0.120. The smallest absolute Gasteiger partial charge is 0.0611 e. The minimum absolute atomic E-state index is 0.129. The van der Waals surface area contributed by atoms with Gasteiger partial charge in [-0.15, -0.1) is 0 Å². The molecule has 0 aromatic rings. The molecule has 1 fully saturated rings. The second-order valence-electron chi connectivity index (χ2n) is 6.14. The number of aliphatic hydroxyl groups is 1. The SMILES string of the molecule is CCCNC(C)(CO)CC(C)N1CCCC1CC. The van der Waals surface area contributed by atoms with Crippen molar-refractivity contribution in [3.63, 3.8) is 0 Å². The standard InChI is InChI=1S/C15H32N2O/c1-5-9-16-15(4,12-18)11-13(3)17-10-7-8-14(17)6-2/h13-14,16,18H,5-12H2,1-4H3. The molecular weight excluding hydrogens is 224 g/mol. The van der Waals surface area contributed by atoms with Crippen LogP contribution in [0.4, 0.5) is 0 Å². The Labute approximate surface area is 113 Å². The van der Waals surface area contributed by atoms with Crippen molar-refractivity contribution < 1.29 is 5.11 Å². The zero-order chi connectivity index (χ0) is 13.6. The highest BCUT2D eigenvalue weighted by Gasteiger charge is 2.32. The molecule has 1 rings (SSSR count).